The molecule has 0 aliphatic carbocycles. The molecule has 2 rings (SSSR count). The lowest BCUT2D eigenvalue weighted by atomic mass is 10.2. The topological polar surface area (TPSA) is 142 Å². The first-order chi connectivity index (χ1) is 11.7. The van der Waals surface area contributed by atoms with E-state index < -0.39 is 28.0 Å². The fourth-order valence-electron chi connectivity index (χ4n) is 1.87. The normalized spacial score (nSPS) is 12.2. The molecule has 0 radical (unpaired) electrons. The number of nitrogens with one attached hydrogen (secondary N) is 1. The number of ether oxygens (including phenoxy) is 1. The van der Waals surface area contributed by atoms with Crippen molar-refractivity contribution in [2.45, 2.75) is 17.9 Å². The van der Waals surface area contributed by atoms with Crippen LogP contribution in [0, 0.1) is 0 Å². The van der Waals surface area contributed by atoms with E-state index in [-0.39, 0.29) is 10.5 Å². The molecule has 1 amide bonds. The van der Waals surface area contributed by atoms with Gasteiger partial charge in [-0.15, -0.1) is 0 Å². The van der Waals surface area contributed by atoms with Crippen molar-refractivity contribution >= 4 is 33.3 Å². The van der Waals surface area contributed by atoms with Crippen molar-refractivity contribution in [1.29, 1.82) is 0 Å². The summed E-state index contributed by atoms with van der Waals surface area (Å²) in [7, 11) is -3.80. The summed E-state index contributed by atoms with van der Waals surface area (Å²) in [6.45, 7) is 1.42. The van der Waals surface area contributed by atoms with Crippen molar-refractivity contribution in [3.05, 3.63) is 54.1 Å². The van der Waals surface area contributed by atoms with Gasteiger partial charge < -0.3 is 15.8 Å². The number of carbonyl (C=O) groups excluding carboxylic acids is 2. The van der Waals surface area contributed by atoms with Gasteiger partial charge in [-0.1, -0.05) is 0 Å². The van der Waals surface area contributed by atoms with Crippen LogP contribution in [0.4, 0.5) is 11.4 Å². The molecule has 0 spiro atoms. The van der Waals surface area contributed by atoms with E-state index in [1.165, 1.54) is 43.3 Å². The predicted molar refractivity (Wildman–Crippen MR) is 92.2 cm³/mol. The summed E-state index contributed by atoms with van der Waals surface area (Å²) in [6, 6.07) is 11.4. The molecule has 2 aromatic rings. The minimum atomic E-state index is -3.80. The van der Waals surface area contributed by atoms with Gasteiger partial charge in [0.15, 0.2) is 6.10 Å². The predicted octanol–water partition coefficient (Wildman–Crippen LogP) is 1.10. The average Bonchev–Trinajstić information content (AvgIpc) is 2.55. The third-order valence-electron chi connectivity index (χ3n) is 3.25. The van der Waals surface area contributed by atoms with E-state index in [2.05, 4.69) is 5.32 Å². The second kappa shape index (κ2) is 7.32. The van der Waals surface area contributed by atoms with Crippen LogP contribution in [0.25, 0.3) is 0 Å². The van der Waals surface area contributed by atoms with E-state index in [4.69, 9.17) is 15.6 Å². The van der Waals surface area contributed by atoms with E-state index in [1.54, 1.807) is 12.1 Å². The fraction of sp³-hybridized carbons (Fsp3) is 0.125. The summed E-state index contributed by atoms with van der Waals surface area (Å²) in [6.07, 6.45) is -1.05. The first-order valence-electron chi connectivity index (χ1n) is 7.17. The van der Waals surface area contributed by atoms with Gasteiger partial charge in [0, 0.05) is 11.4 Å². The first-order valence-corrected chi connectivity index (χ1v) is 8.71. The molecular formula is C16H17N3O5S. The standard InChI is InChI=1S/C16H17N3O5S/c1-10(24-16(21)11-2-4-12(17)5-3-11)15(20)19-13-6-8-14(9-7-13)25(18,22)23/h2-10H,17H2,1H3,(H,19,20)(H2,18,22,23). The Hall–Kier alpha value is -2.91. The molecule has 9 heteroatoms. The van der Waals surface area contributed by atoms with Gasteiger partial charge in [0.2, 0.25) is 10.0 Å². The van der Waals surface area contributed by atoms with Gasteiger partial charge in [-0.3, -0.25) is 4.79 Å². The molecule has 0 aromatic heterocycles. The number of amides is 1. The molecule has 0 saturated carbocycles. The number of nitrogen functional groups attached to an aromatic ring is 1. The van der Waals surface area contributed by atoms with E-state index in [9.17, 15) is 18.0 Å². The zero-order chi connectivity index (χ0) is 18.6. The van der Waals surface area contributed by atoms with Crippen LogP contribution < -0.4 is 16.2 Å². The Kier molecular flexibility index (Phi) is 5.40. The molecule has 0 aliphatic rings. The monoisotopic (exact) mass is 363 g/mol. The first kappa shape index (κ1) is 18.4. The van der Waals surface area contributed by atoms with Crippen molar-refractivity contribution in [3.63, 3.8) is 0 Å². The van der Waals surface area contributed by atoms with E-state index in [0.29, 0.717) is 11.4 Å². The van der Waals surface area contributed by atoms with Crippen LogP contribution in [-0.4, -0.2) is 26.4 Å². The summed E-state index contributed by atoms with van der Waals surface area (Å²) in [5, 5.41) is 7.51. The number of carbonyl (C=O) groups is 2. The SMILES string of the molecule is CC(OC(=O)c1ccc(N)cc1)C(=O)Nc1ccc(S(N)(=O)=O)cc1. The molecule has 1 atom stereocenters. The summed E-state index contributed by atoms with van der Waals surface area (Å²) >= 11 is 0. The quantitative estimate of drug-likeness (QED) is 0.536. The van der Waals surface area contributed by atoms with Gasteiger partial charge in [-0.05, 0) is 55.5 Å². The van der Waals surface area contributed by atoms with Crippen LogP contribution in [0.15, 0.2) is 53.4 Å². The second-order valence-electron chi connectivity index (χ2n) is 5.23. The Bertz CT molecular complexity index is 877. The molecule has 0 bridgehead atoms. The molecule has 132 valence electrons. The number of hydrogen-bond donors (Lipinski definition) is 3. The largest absolute Gasteiger partial charge is 0.449 e. The number of primary sulfonamides is 1. The molecule has 0 heterocycles. The van der Waals surface area contributed by atoms with Crippen LogP contribution in [0.1, 0.15) is 17.3 Å². The average molecular weight is 363 g/mol. The van der Waals surface area contributed by atoms with E-state index in [0.717, 1.165) is 0 Å². The highest BCUT2D eigenvalue weighted by molar-refractivity contribution is 7.89. The van der Waals surface area contributed by atoms with Gasteiger partial charge in [0.25, 0.3) is 5.91 Å². The van der Waals surface area contributed by atoms with Crippen LogP contribution in [-0.2, 0) is 19.6 Å². The minimum Gasteiger partial charge on any atom is -0.449 e. The smallest absolute Gasteiger partial charge is 0.338 e. The summed E-state index contributed by atoms with van der Waals surface area (Å²) < 4.78 is 27.4. The van der Waals surface area contributed by atoms with Gasteiger partial charge in [-0.2, -0.15) is 0 Å². The maximum absolute atomic E-state index is 12.1. The maximum Gasteiger partial charge on any atom is 0.338 e. The van der Waals surface area contributed by atoms with E-state index in [1.807, 2.05) is 0 Å². The fourth-order valence-corrected chi connectivity index (χ4v) is 2.39. The summed E-state index contributed by atoms with van der Waals surface area (Å²) in [4.78, 5) is 23.9. The number of rotatable bonds is 5. The molecule has 0 saturated heterocycles. The number of sulfonamides is 1. The zero-order valence-corrected chi connectivity index (χ0v) is 14.1. The van der Waals surface area contributed by atoms with Gasteiger partial charge in [0.05, 0.1) is 10.5 Å². The number of hydrogen-bond acceptors (Lipinski definition) is 6. The number of benzene rings is 2. The lowest BCUT2D eigenvalue weighted by molar-refractivity contribution is -0.123. The van der Waals surface area contributed by atoms with Gasteiger partial charge in [0.1, 0.15) is 0 Å². The molecule has 0 fully saturated rings. The molecule has 1 unspecified atom stereocenters. The van der Waals surface area contributed by atoms with Crippen LogP contribution in [0.2, 0.25) is 0 Å². The van der Waals surface area contributed by atoms with Crippen molar-refractivity contribution in [2.24, 2.45) is 5.14 Å². The molecule has 5 N–H and O–H groups in total. The Balaban J connectivity index is 1.98. The highest BCUT2D eigenvalue weighted by Gasteiger charge is 2.19. The summed E-state index contributed by atoms with van der Waals surface area (Å²) in [5.74, 6) is -1.22. The van der Waals surface area contributed by atoms with Crippen LogP contribution in [0.3, 0.4) is 0 Å². The van der Waals surface area contributed by atoms with Crippen molar-refractivity contribution in [3.8, 4) is 0 Å². The number of nitrogens with two attached hydrogens (primary N) is 2. The highest BCUT2D eigenvalue weighted by Crippen LogP contribution is 2.14. The zero-order valence-electron chi connectivity index (χ0n) is 13.3. The Labute approximate surface area is 144 Å². The minimum absolute atomic E-state index is 0.0756. The van der Waals surface area contributed by atoms with Crippen molar-refractivity contribution in [1.82, 2.24) is 0 Å². The summed E-state index contributed by atoms with van der Waals surface area (Å²) in [5.41, 5.74) is 6.65. The maximum atomic E-state index is 12.1. The number of esters is 1. The third-order valence-corrected chi connectivity index (χ3v) is 4.18. The van der Waals surface area contributed by atoms with Crippen molar-refractivity contribution in [2.75, 3.05) is 11.1 Å². The van der Waals surface area contributed by atoms with Gasteiger partial charge in [-0.25, -0.2) is 18.4 Å². The lowest BCUT2D eigenvalue weighted by Gasteiger charge is -2.14. The molecule has 8 nitrogen and oxygen atoms in total. The third kappa shape index (κ3) is 5.03. The number of anilines is 2. The molecule has 0 aliphatic heterocycles. The second-order valence-corrected chi connectivity index (χ2v) is 6.79. The molecule has 25 heavy (non-hydrogen) atoms. The van der Waals surface area contributed by atoms with Gasteiger partial charge >= 0.3 is 5.97 Å². The Morgan fingerprint density at radius 3 is 2.12 bits per heavy atom. The molecular weight excluding hydrogens is 346 g/mol. The molecule has 2 aromatic carbocycles. The highest BCUT2D eigenvalue weighted by atomic mass is 32.2. The van der Waals surface area contributed by atoms with E-state index >= 15 is 0 Å². The van der Waals surface area contributed by atoms with Crippen LogP contribution >= 0.6 is 0 Å². The Morgan fingerprint density at radius 1 is 1.04 bits per heavy atom. The van der Waals surface area contributed by atoms with Crippen LogP contribution in [0.5, 0.6) is 0 Å². The Morgan fingerprint density at radius 2 is 1.60 bits per heavy atom. The lowest BCUT2D eigenvalue weighted by Crippen LogP contribution is -2.30. The van der Waals surface area contributed by atoms with Crippen molar-refractivity contribution < 1.29 is 22.7 Å².